The molecule has 1 amide bonds. The Bertz CT molecular complexity index is 1750. The van der Waals surface area contributed by atoms with E-state index in [4.69, 9.17) is 16.6 Å². The molecule has 0 saturated carbocycles. The maximum atomic E-state index is 13.1. The monoisotopic (exact) mass is 563 g/mol. The quantitative estimate of drug-likeness (QED) is 0.127. The topological polar surface area (TPSA) is 114 Å². The van der Waals surface area contributed by atoms with Crippen molar-refractivity contribution in [2.45, 2.75) is 18.5 Å². The molecular weight excluding hydrogens is 538 g/mol. The Labute approximate surface area is 241 Å². The Balaban J connectivity index is 1.28. The van der Waals surface area contributed by atoms with Gasteiger partial charge in [0.25, 0.3) is 5.69 Å². The Morgan fingerprint density at radius 3 is 2.61 bits per heavy atom. The van der Waals surface area contributed by atoms with Crippen LogP contribution in [-0.2, 0) is 4.79 Å². The van der Waals surface area contributed by atoms with E-state index in [1.807, 2.05) is 65.6 Å². The summed E-state index contributed by atoms with van der Waals surface area (Å²) in [5.74, 6) is 0.776. The number of pyridine rings is 1. The van der Waals surface area contributed by atoms with Gasteiger partial charge in [-0.1, -0.05) is 54.6 Å². The number of para-hydroxylation sites is 1. The zero-order valence-electron chi connectivity index (χ0n) is 21.8. The van der Waals surface area contributed by atoms with E-state index in [0.29, 0.717) is 28.7 Å². The molecule has 3 heterocycles. The molecule has 1 saturated heterocycles. The van der Waals surface area contributed by atoms with Crippen LogP contribution in [0.4, 0.5) is 11.4 Å². The molecule has 5 aromatic rings. The zero-order chi connectivity index (χ0) is 28.3. The minimum atomic E-state index is -0.431. The van der Waals surface area contributed by atoms with E-state index in [1.54, 1.807) is 36.5 Å². The second kappa shape index (κ2) is 11.2. The Kier molecular flexibility index (Phi) is 7.13. The fourth-order valence-corrected chi connectivity index (χ4v) is 5.55. The second-order valence-electron chi connectivity index (χ2n) is 9.62. The van der Waals surface area contributed by atoms with Gasteiger partial charge in [-0.2, -0.15) is 0 Å². The average molecular weight is 564 g/mol. The highest BCUT2D eigenvalue weighted by Gasteiger charge is 2.41. The van der Waals surface area contributed by atoms with Gasteiger partial charge < -0.3 is 20.0 Å². The highest BCUT2D eigenvalue weighted by Crippen LogP contribution is 2.41. The predicted octanol–water partition coefficient (Wildman–Crippen LogP) is 6.40. The number of hydrogen-bond acceptors (Lipinski definition) is 6. The third-order valence-corrected chi connectivity index (χ3v) is 7.48. The summed E-state index contributed by atoms with van der Waals surface area (Å²) in [4.78, 5) is 30.7. The number of amides is 1. The van der Waals surface area contributed by atoms with Crippen LogP contribution in [0.1, 0.15) is 30.0 Å². The molecule has 10 heteroatoms. The highest BCUT2D eigenvalue weighted by molar-refractivity contribution is 7.80. The number of nitro benzene ring substituents is 1. The number of nitro groups is 1. The molecule has 204 valence electrons. The fraction of sp³-hybridized carbons (Fsp3) is 0.129. The predicted molar refractivity (Wildman–Crippen MR) is 160 cm³/mol. The lowest BCUT2D eigenvalue weighted by Gasteiger charge is -2.26. The van der Waals surface area contributed by atoms with Gasteiger partial charge in [0.1, 0.15) is 17.6 Å². The molecule has 0 bridgehead atoms. The van der Waals surface area contributed by atoms with Gasteiger partial charge in [-0.05, 0) is 54.0 Å². The largest absolute Gasteiger partial charge is 0.459 e. The van der Waals surface area contributed by atoms with Crippen molar-refractivity contribution in [1.29, 1.82) is 0 Å². The number of nitrogens with zero attached hydrogens (tertiary/aromatic N) is 3. The SMILES string of the molecule is O=C(CCN1C(=S)NC(c2ccccn2)C1c1ccc(-c2ccccc2[N+](=O)[O-])o1)Nc1cccc2ccccc12. The first-order valence-corrected chi connectivity index (χ1v) is 13.5. The van der Waals surface area contributed by atoms with Crippen LogP contribution in [0.15, 0.2) is 108 Å². The van der Waals surface area contributed by atoms with Gasteiger partial charge in [-0.25, -0.2) is 0 Å². The van der Waals surface area contributed by atoms with Gasteiger partial charge >= 0.3 is 0 Å². The number of carbonyl (C=O) groups is 1. The van der Waals surface area contributed by atoms with Gasteiger partial charge in [0.05, 0.1) is 22.2 Å². The Morgan fingerprint density at radius 1 is 1.00 bits per heavy atom. The number of carbonyl (C=O) groups excluding carboxylic acids is 1. The number of rotatable bonds is 8. The Hall–Kier alpha value is -5.09. The normalized spacial score (nSPS) is 16.5. The number of nitrogens with one attached hydrogen (secondary N) is 2. The summed E-state index contributed by atoms with van der Waals surface area (Å²) >= 11 is 5.72. The number of thiocarbonyl (C=S) groups is 1. The highest BCUT2D eigenvalue weighted by atomic mass is 32.1. The number of anilines is 1. The molecule has 0 radical (unpaired) electrons. The fourth-order valence-electron chi connectivity index (χ4n) is 5.22. The summed E-state index contributed by atoms with van der Waals surface area (Å²) < 4.78 is 6.25. The van der Waals surface area contributed by atoms with E-state index in [2.05, 4.69) is 15.6 Å². The van der Waals surface area contributed by atoms with E-state index in [9.17, 15) is 14.9 Å². The van der Waals surface area contributed by atoms with Gasteiger partial charge in [0.15, 0.2) is 5.11 Å². The van der Waals surface area contributed by atoms with Crippen molar-refractivity contribution in [3.8, 4) is 11.3 Å². The molecule has 1 aliphatic heterocycles. The number of fused-ring (bicyclic) bond motifs is 1. The summed E-state index contributed by atoms with van der Waals surface area (Å²) in [6.07, 6.45) is 1.88. The van der Waals surface area contributed by atoms with Crippen LogP contribution < -0.4 is 10.6 Å². The Morgan fingerprint density at radius 2 is 1.78 bits per heavy atom. The van der Waals surface area contributed by atoms with Crippen molar-refractivity contribution in [3.05, 3.63) is 125 Å². The number of aromatic nitrogens is 1. The summed E-state index contributed by atoms with van der Waals surface area (Å²) in [5.41, 5.74) is 1.84. The van der Waals surface area contributed by atoms with Crippen LogP contribution >= 0.6 is 12.2 Å². The summed E-state index contributed by atoms with van der Waals surface area (Å²) in [6.45, 7) is 0.317. The van der Waals surface area contributed by atoms with Gasteiger partial charge in [-0.15, -0.1) is 0 Å². The smallest absolute Gasteiger partial charge is 0.280 e. The molecular formula is C31H25N5O4S. The van der Waals surface area contributed by atoms with E-state index in [1.165, 1.54) is 6.07 Å². The molecule has 2 unspecified atom stereocenters. The minimum Gasteiger partial charge on any atom is -0.459 e. The molecule has 2 N–H and O–H groups in total. The van der Waals surface area contributed by atoms with Crippen molar-refractivity contribution in [2.24, 2.45) is 0 Å². The van der Waals surface area contributed by atoms with Crippen LogP contribution in [0.2, 0.25) is 0 Å². The molecule has 6 rings (SSSR count). The molecule has 1 fully saturated rings. The van der Waals surface area contributed by atoms with Gasteiger partial charge in [0, 0.05) is 36.3 Å². The van der Waals surface area contributed by atoms with Crippen molar-refractivity contribution in [3.63, 3.8) is 0 Å². The molecule has 0 aliphatic carbocycles. The lowest BCUT2D eigenvalue weighted by atomic mass is 10.0. The molecule has 41 heavy (non-hydrogen) atoms. The number of furan rings is 1. The van der Waals surface area contributed by atoms with Crippen LogP contribution in [-0.4, -0.2) is 32.4 Å². The summed E-state index contributed by atoms with van der Waals surface area (Å²) in [7, 11) is 0. The van der Waals surface area contributed by atoms with Crippen molar-refractivity contribution < 1.29 is 14.1 Å². The average Bonchev–Trinajstić information content (AvgIpc) is 3.61. The number of hydrogen-bond donors (Lipinski definition) is 2. The van der Waals surface area contributed by atoms with E-state index in [0.717, 1.165) is 22.2 Å². The second-order valence-corrected chi connectivity index (χ2v) is 10.0. The molecule has 9 nitrogen and oxygen atoms in total. The maximum Gasteiger partial charge on any atom is 0.280 e. The first-order chi connectivity index (χ1) is 20.0. The molecule has 0 spiro atoms. The zero-order valence-corrected chi connectivity index (χ0v) is 22.6. The van der Waals surface area contributed by atoms with Crippen LogP contribution in [0.5, 0.6) is 0 Å². The van der Waals surface area contributed by atoms with E-state index in [-0.39, 0.29) is 24.1 Å². The van der Waals surface area contributed by atoms with Crippen molar-refractivity contribution in [1.82, 2.24) is 15.2 Å². The van der Waals surface area contributed by atoms with Crippen LogP contribution in [0.3, 0.4) is 0 Å². The van der Waals surface area contributed by atoms with E-state index >= 15 is 0 Å². The standard InChI is InChI=1S/C31H25N5O4S/c37-28(33-23-13-7-9-20-8-1-2-10-21(20)23)17-19-35-30(29(34-31(35)41)24-12-5-6-18-32-24)27-16-15-26(40-27)22-11-3-4-14-25(22)36(38)39/h1-16,18,29-30H,17,19H2,(H,33,37)(H,34,41). The molecule has 2 aromatic heterocycles. The van der Waals surface area contributed by atoms with Gasteiger partial charge in [0.2, 0.25) is 5.91 Å². The number of benzene rings is 3. The third-order valence-electron chi connectivity index (χ3n) is 7.13. The van der Waals surface area contributed by atoms with Crippen molar-refractivity contribution >= 4 is 45.4 Å². The molecule has 1 aliphatic rings. The first-order valence-electron chi connectivity index (χ1n) is 13.1. The van der Waals surface area contributed by atoms with Crippen LogP contribution in [0, 0.1) is 10.1 Å². The lowest BCUT2D eigenvalue weighted by Crippen LogP contribution is -2.32. The summed E-state index contributed by atoms with van der Waals surface area (Å²) in [5, 5.41) is 20.5. The summed E-state index contributed by atoms with van der Waals surface area (Å²) in [6, 6.07) is 28.5. The maximum absolute atomic E-state index is 13.1. The lowest BCUT2D eigenvalue weighted by molar-refractivity contribution is -0.384. The van der Waals surface area contributed by atoms with E-state index < -0.39 is 11.0 Å². The molecule has 3 aromatic carbocycles. The van der Waals surface area contributed by atoms with Crippen LogP contribution in [0.25, 0.3) is 22.1 Å². The molecule has 2 atom stereocenters. The first kappa shape index (κ1) is 26.1. The minimum absolute atomic E-state index is 0.0447. The van der Waals surface area contributed by atoms with Crippen molar-refractivity contribution in [2.75, 3.05) is 11.9 Å². The van der Waals surface area contributed by atoms with Gasteiger partial charge in [-0.3, -0.25) is 19.9 Å². The third kappa shape index (κ3) is 5.24.